The Hall–Kier alpha value is -1.30. The topological polar surface area (TPSA) is 73.9 Å². The van der Waals surface area contributed by atoms with Gasteiger partial charge in [-0.2, -0.15) is 0 Å². The van der Waals surface area contributed by atoms with Crippen LogP contribution in [-0.2, 0) is 19.0 Å². The lowest BCUT2D eigenvalue weighted by atomic mass is 9.93. The average Bonchev–Trinajstić information content (AvgIpc) is 2.38. The molecule has 1 aliphatic carbocycles. The molecule has 6 nitrogen and oxygen atoms in total. The summed E-state index contributed by atoms with van der Waals surface area (Å²) in [6.07, 6.45) is 3.56. The van der Waals surface area contributed by atoms with E-state index in [-0.39, 0.29) is 30.6 Å². The van der Waals surface area contributed by atoms with E-state index in [9.17, 15) is 9.59 Å². The number of nitrogens with one attached hydrogen (secondary N) is 1. The molecule has 1 aliphatic rings. The number of rotatable bonds is 5. The molecule has 0 heterocycles. The highest BCUT2D eigenvalue weighted by Crippen LogP contribution is 2.21. The van der Waals surface area contributed by atoms with Crippen LogP contribution >= 0.6 is 0 Å². The second-order valence-corrected chi connectivity index (χ2v) is 6.32. The van der Waals surface area contributed by atoms with Crippen molar-refractivity contribution in [1.82, 2.24) is 5.32 Å². The van der Waals surface area contributed by atoms with Crippen molar-refractivity contribution in [1.29, 1.82) is 0 Å². The summed E-state index contributed by atoms with van der Waals surface area (Å²) in [6.45, 7) is 5.93. The average molecular weight is 301 g/mol. The molecule has 0 spiro atoms. The molecule has 1 saturated carbocycles. The van der Waals surface area contributed by atoms with E-state index in [1.807, 2.05) is 20.8 Å². The molecular weight excluding hydrogens is 274 g/mol. The lowest BCUT2D eigenvalue weighted by molar-refractivity contribution is -0.142. The minimum atomic E-state index is -0.474. The summed E-state index contributed by atoms with van der Waals surface area (Å²) < 4.78 is 15.4. The molecule has 0 bridgehead atoms. The summed E-state index contributed by atoms with van der Waals surface area (Å²) >= 11 is 0. The number of esters is 1. The van der Waals surface area contributed by atoms with Gasteiger partial charge in [0.15, 0.2) is 0 Å². The summed E-state index contributed by atoms with van der Waals surface area (Å²) in [6, 6.07) is 0.139. The van der Waals surface area contributed by atoms with Gasteiger partial charge in [0, 0.05) is 6.04 Å². The largest absolute Gasteiger partial charge is 0.469 e. The van der Waals surface area contributed by atoms with Gasteiger partial charge in [0.25, 0.3) is 0 Å². The minimum Gasteiger partial charge on any atom is -0.469 e. The molecule has 1 amide bonds. The van der Waals surface area contributed by atoms with Crippen molar-refractivity contribution in [3.05, 3.63) is 0 Å². The van der Waals surface area contributed by atoms with Crippen molar-refractivity contribution in [2.24, 2.45) is 0 Å². The van der Waals surface area contributed by atoms with Gasteiger partial charge >= 0.3 is 12.1 Å². The predicted molar refractivity (Wildman–Crippen MR) is 78.0 cm³/mol. The van der Waals surface area contributed by atoms with Gasteiger partial charge in [-0.1, -0.05) is 0 Å². The first kappa shape index (κ1) is 17.8. The van der Waals surface area contributed by atoms with Crippen LogP contribution < -0.4 is 5.32 Å². The Balaban J connectivity index is 2.17. The highest BCUT2D eigenvalue weighted by Gasteiger charge is 2.25. The number of methoxy groups -OCH3 is 1. The van der Waals surface area contributed by atoms with Crippen LogP contribution in [0.2, 0.25) is 0 Å². The fraction of sp³-hybridized carbons (Fsp3) is 0.867. The Morgan fingerprint density at radius 2 is 1.76 bits per heavy atom. The van der Waals surface area contributed by atoms with Gasteiger partial charge in [-0.25, -0.2) is 4.79 Å². The van der Waals surface area contributed by atoms with Crippen LogP contribution in [-0.4, -0.2) is 43.5 Å². The van der Waals surface area contributed by atoms with E-state index in [0.29, 0.717) is 6.61 Å². The third-order valence-electron chi connectivity index (χ3n) is 3.28. The summed E-state index contributed by atoms with van der Waals surface area (Å²) in [4.78, 5) is 22.6. The summed E-state index contributed by atoms with van der Waals surface area (Å²) in [7, 11) is 1.37. The van der Waals surface area contributed by atoms with Gasteiger partial charge in [0.05, 0.1) is 26.2 Å². The molecule has 0 radical (unpaired) electrons. The van der Waals surface area contributed by atoms with Crippen LogP contribution in [0, 0.1) is 0 Å². The van der Waals surface area contributed by atoms with Crippen LogP contribution in [0.4, 0.5) is 4.79 Å². The molecule has 6 heteroatoms. The van der Waals surface area contributed by atoms with E-state index < -0.39 is 5.60 Å². The molecule has 1 fully saturated rings. The Kier molecular flexibility index (Phi) is 6.95. The van der Waals surface area contributed by atoms with E-state index in [0.717, 1.165) is 25.7 Å². The zero-order valence-corrected chi connectivity index (χ0v) is 13.4. The van der Waals surface area contributed by atoms with Gasteiger partial charge in [0.2, 0.25) is 0 Å². The molecule has 0 aromatic rings. The summed E-state index contributed by atoms with van der Waals surface area (Å²) in [5, 5.41) is 2.89. The van der Waals surface area contributed by atoms with E-state index >= 15 is 0 Å². The standard InChI is InChI=1S/C15H27NO5/c1-15(2,3)21-14(18)16-11-5-7-12(8-6-11)20-10-9-13(17)19-4/h11-12H,5-10H2,1-4H3,(H,16,18)/t11-,12-. The van der Waals surface area contributed by atoms with Crippen molar-refractivity contribution >= 4 is 12.1 Å². The number of carbonyl (C=O) groups excluding carboxylic acids is 2. The Labute approximate surface area is 126 Å². The van der Waals surface area contributed by atoms with Gasteiger partial charge in [-0.05, 0) is 46.5 Å². The van der Waals surface area contributed by atoms with Gasteiger partial charge in [0.1, 0.15) is 5.60 Å². The van der Waals surface area contributed by atoms with E-state index in [2.05, 4.69) is 10.1 Å². The summed E-state index contributed by atoms with van der Waals surface area (Å²) in [5.41, 5.74) is -0.474. The van der Waals surface area contributed by atoms with E-state index in [1.165, 1.54) is 7.11 Å². The Morgan fingerprint density at radius 1 is 1.14 bits per heavy atom. The van der Waals surface area contributed by atoms with E-state index in [1.54, 1.807) is 0 Å². The molecular formula is C15H27NO5. The Bertz CT molecular complexity index is 342. The van der Waals surface area contributed by atoms with Crippen LogP contribution in [0.5, 0.6) is 0 Å². The van der Waals surface area contributed by atoms with Gasteiger partial charge < -0.3 is 19.5 Å². The smallest absolute Gasteiger partial charge is 0.407 e. The van der Waals surface area contributed by atoms with Crippen molar-refractivity contribution in [3.8, 4) is 0 Å². The highest BCUT2D eigenvalue weighted by molar-refractivity contribution is 5.69. The molecule has 0 aromatic carbocycles. The number of hydrogen-bond donors (Lipinski definition) is 1. The second kappa shape index (κ2) is 8.22. The molecule has 0 aliphatic heterocycles. The molecule has 0 saturated heterocycles. The number of hydrogen-bond acceptors (Lipinski definition) is 5. The van der Waals surface area contributed by atoms with Crippen molar-refractivity contribution in [2.45, 2.75) is 70.6 Å². The molecule has 122 valence electrons. The lowest BCUT2D eigenvalue weighted by Crippen LogP contribution is -2.41. The number of carbonyl (C=O) groups is 2. The molecule has 1 rings (SSSR count). The zero-order chi connectivity index (χ0) is 15.9. The normalized spacial score (nSPS) is 22.5. The first-order chi connectivity index (χ1) is 9.80. The Morgan fingerprint density at radius 3 is 2.29 bits per heavy atom. The van der Waals surface area contributed by atoms with Gasteiger partial charge in [-0.15, -0.1) is 0 Å². The van der Waals surface area contributed by atoms with E-state index in [4.69, 9.17) is 9.47 Å². The lowest BCUT2D eigenvalue weighted by Gasteiger charge is -2.30. The number of amides is 1. The predicted octanol–water partition coefficient (Wildman–Crippen LogP) is 2.40. The number of alkyl carbamates (subject to hydrolysis) is 1. The molecule has 21 heavy (non-hydrogen) atoms. The maximum absolute atomic E-state index is 11.7. The van der Waals surface area contributed by atoms with Crippen molar-refractivity contribution in [3.63, 3.8) is 0 Å². The molecule has 1 N–H and O–H groups in total. The fourth-order valence-corrected chi connectivity index (χ4v) is 2.26. The third kappa shape index (κ3) is 7.90. The number of ether oxygens (including phenoxy) is 3. The zero-order valence-electron chi connectivity index (χ0n) is 13.4. The first-order valence-electron chi connectivity index (χ1n) is 7.48. The SMILES string of the molecule is COC(=O)CCO[C@H]1CC[C@H](NC(=O)OC(C)(C)C)CC1. The molecule has 0 atom stereocenters. The summed E-state index contributed by atoms with van der Waals surface area (Å²) in [5.74, 6) is -0.254. The van der Waals surface area contributed by atoms with Crippen LogP contribution in [0.25, 0.3) is 0 Å². The minimum absolute atomic E-state index is 0.139. The fourth-order valence-electron chi connectivity index (χ4n) is 2.26. The maximum Gasteiger partial charge on any atom is 0.407 e. The van der Waals surface area contributed by atoms with Crippen LogP contribution in [0.15, 0.2) is 0 Å². The van der Waals surface area contributed by atoms with Crippen LogP contribution in [0.3, 0.4) is 0 Å². The first-order valence-corrected chi connectivity index (χ1v) is 7.48. The molecule has 0 aromatic heterocycles. The van der Waals surface area contributed by atoms with Crippen molar-refractivity contribution in [2.75, 3.05) is 13.7 Å². The molecule has 0 unspecified atom stereocenters. The monoisotopic (exact) mass is 301 g/mol. The highest BCUT2D eigenvalue weighted by atomic mass is 16.6. The second-order valence-electron chi connectivity index (χ2n) is 6.32. The maximum atomic E-state index is 11.7. The van der Waals surface area contributed by atoms with Gasteiger partial charge in [-0.3, -0.25) is 4.79 Å². The third-order valence-corrected chi connectivity index (χ3v) is 3.28. The quantitative estimate of drug-likeness (QED) is 0.789. The van der Waals surface area contributed by atoms with Crippen molar-refractivity contribution < 1.29 is 23.8 Å². The van der Waals surface area contributed by atoms with Crippen LogP contribution in [0.1, 0.15) is 52.9 Å².